The Kier molecular flexibility index (Phi) is 2.87. The topological polar surface area (TPSA) is 69.8 Å². The largest absolute Gasteiger partial charge is 0.465 e. The van der Waals surface area contributed by atoms with Crippen LogP contribution >= 0.6 is 11.8 Å². The van der Waals surface area contributed by atoms with E-state index in [9.17, 15) is 9.90 Å². The lowest BCUT2D eigenvalue weighted by Gasteiger charge is -2.46. The Balaban J connectivity index is 1.83. The van der Waals surface area contributed by atoms with Crippen molar-refractivity contribution in [2.24, 2.45) is 5.73 Å². The van der Waals surface area contributed by atoms with Gasteiger partial charge in [0.25, 0.3) is 0 Å². The highest BCUT2D eigenvalue weighted by molar-refractivity contribution is 7.98. The van der Waals surface area contributed by atoms with Crippen molar-refractivity contribution in [2.45, 2.75) is 23.8 Å². The van der Waals surface area contributed by atoms with Crippen LogP contribution in [0.15, 0.2) is 18.2 Å². The molecule has 1 aromatic rings. The Morgan fingerprint density at radius 2 is 2.29 bits per heavy atom. The van der Waals surface area contributed by atoms with Gasteiger partial charge in [0, 0.05) is 49.2 Å². The molecule has 0 radical (unpaired) electrons. The molecule has 4 rings (SSSR count). The molecule has 3 aliphatic heterocycles. The van der Waals surface area contributed by atoms with E-state index < -0.39 is 11.8 Å². The van der Waals surface area contributed by atoms with Crippen molar-refractivity contribution >= 4 is 23.5 Å². The van der Waals surface area contributed by atoms with E-state index in [-0.39, 0.29) is 5.92 Å². The molecule has 2 atom stereocenters. The number of hydrogen-bond donors (Lipinski definition) is 2. The summed E-state index contributed by atoms with van der Waals surface area (Å²) in [6, 6.07) is 6.40. The molecule has 0 spiro atoms. The third-order valence-electron chi connectivity index (χ3n) is 5.07. The number of carboxylic acid groups (broad SMARTS) is 1. The van der Waals surface area contributed by atoms with E-state index >= 15 is 0 Å². The summed E-state index contributed by atoms with van der Waals surface area (Å²) < 4.78 is 0. The summed E-state index contributed by atoms with van der Waals surface area (Å²) in [6.45, 7) is 1.98. The Labute approximate surface area is 128 Å². The van der Waals surface area contributed by atoms with E-state index in [2.05, 4.69) is 23.1 Å². The second-order valence-electron chi connectivity index (χ2n) is 6.08. The normalized spacial score (nSPS) is 30.6. The van der Waals surface area contributed by atoms with Gasteiger partial charge in [-0.3, -0.25) is 0 Å². The summed E-state index contributed by atoms with van der Waals surface area (Å²) in [6.07, 6.45) is -0.140. The predicted octanol–water partition coefficient (Wildman–Crippen LogP) is 1.88. The lowest BCUT2D eigenvalue weighted by Crippen LogP contribution is -2.63. The van der Waals surface area contributed by atoms with Crippen LogP contribution in [0.25, 0.3) is 0 Å². The lowest BCUT2D eigenvalue weighted by molar-refractivity contribution is 0.109. The SMILES string of the molecule is N[C@]12CCN(C(=O)O)C[C@H]1c1cccc3c1N2CCSC3. The van der Waals surface area contributed by atoms with Crippen LogP contribution < -0.4 is 10.6 Å². The summed E-state index contributed by atoms with van der Waals surface area (Å²) in [5, 5.41) is 9.29. The lowest BCUT2D eigenvalue weighted by atomic mass is 9.83. The summed E-state index contributed by atoms with van der Waals surface area (Å²) in [5.41, 5.74) is 10.2. The standard InChI is InChI=1S/C15H19N3O2S/c16-15-4-5-17(14(19)20)8-12(15)11-3-1-2-10-9-21-7-6-18(15)13(10)11/h1-3,12H,4-9,16H2,(H,19,20)/t12-,15-/m0/s1. The molecular weight excluding hydrogens is 286 g/mol. The zero-order valence-electron chi connectivity index (χ0n) is 11.8. The predicted molar refractivity (Wildman–Crippen MR) is 83.8 cm³/mol. The van der Waals surface area contributed by atoms with Crippen molar-refractivity contribution in [2.75, 3.05) is 30.3 Å². The first-order valence-corrected chi connectivity index (χ1v) is 8.50. The Morgan fingerprint density at radius 1 is 1.43 bits per heavy atom. The number of nitrogens with zero attached hydrogens (tertiary/aromatic N) is 2. The Morgan fingerprint density at radius 3 is 3.10 bits per heavy atom. The number of benzene rings is 1. The van der Waals surface area contributed by atoms with Crippen LogP contribution in [-0.2, 0) is 5.75 Å². The van der Waals surface area contributed by atoms with Crippen LogP contribution in [0.5, 0.6) is 0 Å². The van der Waals surface area contributed by atoms with E-state index in [1.807, 2.05) is 11.8 Å². The number of nitrogens with two attached hydrogens (primary N) is 1. The molecule has 112 valence electrons. The number of amides is 1. The summed E-state index contributed by atoms with van der Waals surface area (Å²) in [4.78, 5) is 15.2. The molecule has 0 saturated carbocycles. The van der Waals surface area contributed by atoms with E-state index in [4.69, 9.17) is 5.73 Å². The van der Waals surface area contributed by atoms with Gasteiger partial charge >= 0.3 is 6.09 Å². The van der Waals surface area contributed by atoms with Crippen LogP contribution in [0.1, 0.15) is 23.5 Å². The van der Waals surface area contributed by atoms with Crippen molar-refractivity contribution < 1.29 is 9.90 Å². The van der Waals surface area contributed by atoms with E-state index in [1.165, 1.54) is 21.7 Å². The molecule has 5 nitrogen and oxygen atoms in total. The average molecular weight is 305 g/mol. The molecule has 3 heterocycles. The van der Waals surface area contributed by atoms with Gasteiger partial charge in [-0.15, -0.1) is 0 Å². The average Bonchev–Trinajstić information content (AvgIpc) is 2.62. The van der Waals surface area contributed by atoms with Crippen LogP contribution in [0.4, 0.5) is 10.5 Å². The number of piperidine rings is 1. The van der Waals surface area contributed by atoms with Crippen molar-refractivity contribution in [3.8, 4) is 0 Å². The second kappa shape index (κ2) is 4.55. The molecular formula is C15H19N3O2S. The van der Waals surface area contributed by atoms with Crippen LogP contribution in [0.3, 0.4) is 0 Å². The van der Waals surface area contributed by atoms with E-state index in [1.54, 1.807) is 0 Å². The van der Waals surface area contributed by atoms with Gasteiger partial charge in [-0.05, 0) is 11.1 Å². The van der Waals surface area contributed by atoms with Crippen molar-refractivity contribution in [1.29, 1.82) is 0 Å². The zero-order valence-corrected chi connectivity index (χ0v) is 12.6. The molecule has 0 aliphatic carbocycles. The van der Waals surface area contributed by atoms with Gasteiger partial charge in [-0.25, -0.2) is 4.79 Å². The van der Waals surface area contributed by atoms with Gasteiger partial charge in [-0.1, -0.05) is 18.2 Å². The molecule has 1 amide bonds. The number of carbonyl (C=O) groups is 1. The highest BCUT2D eigenvalue weighted by atomic mass is 32.2. The molecule has 3 N–H and O–H groups in total. The summed E-state index contributed by atoms with van der Waals surface area (Å²) in [7, 11) is 0. The Bertz CT molecular complexity index is 609. The minimum absolute atomic E-state index is 0.0837. The number of anilines is 1. The van der Waals surface area contributed by atoms with Crippen LogP contribution in [0.2, 0.25) is 0 Å². The van der Waals surface area contributed by atoms with Gasteiger partial charge in [0.05, 0.1) is 5.66 Å². The molecule has 3 aliphatic rings. The van der Waals surface area contributed by atoms with Crippen molar-refractivity contribution in [1.82, 2.24) is 4.90 Å². The maximum atomic E-state index is 11.3. The highest BCUT2D eigenvalue weighted by Gasteiger charge is 2.52. The van der Waals surface area contributed by atoms with Gasteiger partial charge in [0.1, 0.15) is 0 Å². The first kappa shape index (κ1) is 13.3. The number of para-hydroxylation sites is 1. The van der Waals surface area contributed by atoms with Crippen LogP contribution in [0, 0.1) is 0 Å². The van der Waals surface area contributed by atoms with Gasteiger partial charge in [0.2, 0.25) is 0 Å². The molecule has 1 saturated heterocycles. The van der Waals surface area contributed by atoms with Gasteiger partial charge in [0.15, 0.2) is 0 Å². The molecule has 1 aromatic carbocycles. The van der Waals surface area contributed by atoms with Crippen LogP contribution in [-0.4, -0.2) is 47.1 Å². The van der Waals surface area contributed by atoms with Gasteiger partial charge in [-0.2, -0.15) is 11.8 Å². The minimum atomic E-state index is -0.837. The zero-order chi connectivity index (χ0) is 14.6. The quantitative estimate of drug-likeness (QED) is 0.766. The number of rotatable bonds is 0. The van der Waals surface area contributed by atoms with E-state index in [0.717, 1.165) is 18.1 Å². The smallest absolute Gasteiger partial charge is 0.407 e. The number of hydrogen-bond acceptors (Lipinski definition) is 4. The fourth-order valence-electron chi connectivity index (χ4n) is 4.03. The molecule has 0 unspecified atom stereocenters. The third-order valence-corrected chi connectivity index (χ3v) is 6.06. The Hall–Kier alpha value is -1.40. The fraction of sp³-hybridized carbons (Fsp3) is 0.533. The molecule has 1 fully saturated rings. The number of fused-ring (bicyclic) bond motifs is 3. The first-order chi connectivity index (χ1) is 10.1. The maximum Gasteiger partial charge on any atom is 0.407 e. The first-order valence-electron chi connectivity index (χ1n) is 7.35. The van der Waals surface area contributed by atoms with Crippen molar-refractivity contribution in [3.05, 3.63) is 29.3 Å². The molecule has 0 aromatic heterocycles. The fourth-order valence-corrected chi connectivity index (χ4v) is 4.94. The highest BCUT2D eigenvalue weighted by Crippen LogP contribution is 2.51. The molecule has 0 bridgehead atoms. The number of thioether (sulfide) groups is 1. The molecule has 6 heteroatoms. The summed E-state index contributed by atoms with van der Waals surface area (Å²) in [5.74, 6) is 2.17. The summed E-state index contributed by atoms with van der Waals surface area (Å²) >= 11 is 1.95. The third kappa shape index (κ3) is 1.78. The second-order valence-corrected chi connectivity index (χ2v) is 7.19. The van der Waals surface area contributed by atoms with Gasteiger partial charge < -0.3 is 20.6 Å². The molecule has 21 heavy (non-hydrogen) atoms. The van der Waals surface area contributed by atoms with E-state index in [0.29, 0.717) is 19.5 Å². The number of likely N-dealkylation sites (tertiary alicyclic amines) is 1. The minimum Gasteiger partial charge on any atom is -0.465 e. The maximum absolute atomic E-state index is 11.3. The van der Waals surface area contributed by atoms with Crippen molar-refractivity contribution in [3.63, 3.8) is 0 Å². The monoisotopic (exact) mass is 305 g/mol.